The van der Waals surface area contributed by atoms with Crippen LogP contribution in [0, 0.1) is 11.2 Å². The van der Waals surface area contributed by atoms with Gasteiger partial charge in [-0.1, -0.05) is 35.8 Å². The van der Waals surface area contributed by atoms with E-state index in [2.05, 4.69) is 29.8 Å². The molecule has 1 unspecified atom stereocenters. The zero-order chi connectivity index (χ0) is 14.5. The van der Waals surface area contributed by atoms with Crippen molar-refractivity contribution >= 4 is 15.9 Å². The fourth-order valence-corrected chi connectivity index (χ4v) is 3.09. The molecule has 0 heterocycles. The number of benzene rings is 1. The number of halogens is 2. The summed E-state index contributed by atoms with van der Waals surface area (Å²) in [5, 5.41) is 0. The predicted octanol–water partition coefficient (Wildman–Crippen LogP) is 4.38. The summed E-state index contributed by atoms with van der Waals surface area (Å²) in [5.41, 5.74) is 1.05. The van der Waals surface area contributed by atoms with Gasteiger partial charge in [0.05, 0.1) is 6.61 Å². The number of hydrogen-bond acceptors (Lipinski definition) is 2. The van der Waals surface area contributed by atoms with E-state index in [4.69, 9.17) is 9.47 Å². The van der Waals surface area contributed by atoms with Crippen LogP contribution in [0.3, 0.4) is 0 Å². The summed E-state index contributed by atoms with van der Waals surface area (Å²) in [6, 6.07) is 4.86. The van der Waals surface area contributed by atoms with Gasteiger partial charge < -0.3 is 9.47 Å². The summed E-state index contributed by atoms with van der Waals surface area (Å²) in [6.45, 7) is 5.63. The Morgan fingerprint density at radius 3 is 2.47 bits per heavy atom. The maximum Gasteiger partial charge on any atom is 0.124 e. The van der Waals surface area contributed by atoms with E-state index < -0.39 is 0 Å². The predicted molar refractivity (Wildman–Crippen MR) is 79.0 cm³/mol. The highest BCUT2D eigenvalue weighted by Gasteiger charge is 2.31. The van der Waals surface area contributed by atoms with Crippen molar-refractivity contribution in [2.24, 2.45) is 5.41 Å². The molecule has 1 atom stereocenters. The first-order chi connectivity index (χ1) is 8.92. The van der Waals surface area contributed by atoms with Crippen LogP contribution in [0.2, 0.25) is 0 Å². The smallest absolute Gasteiger partial charge is 0.124 e. The molecular formula is C15H22BrFO2. The lowest BCUT2D eigenvalue weighted by Gasteiger charge is -2.34. The molecule has 1 aromatic rings. The van der Waals surface area contributed by atoms with E-state index in [0.717, 1.165) is 16.5 Å². The first-order valence-corrected chi connectivity index (χ1v) is 7.14. The quantitative estimate of drug-likeness (QED) is 0.737. The maximum absolute atomic E-state index is 13.2. The molecule has 2 nitrogen and oxygen atoms in total. The van der Waals surface area contributed by atoms with E-state index in [0.29, 0.717) is 13.2 Å². The summed E-state index contributed by atoms with van der Waals surface area (Å²) < 4.78 is 24.6. The lowest BCUT2D eigenvalue weighted by molar-refractivity contribution is 0.0707. The molecule has 0 N–H and O–H groups in total. The number of hydrogen-bond donors (Lipinski definition) is 0. The van der Waals surface area contributed by atoms with Crippen molar-refractivity contribution in [3.05, 3.63) is 34.1 Å². The van der Waals surface area contributed by atoms with E-state index >= 15 is 0 Å². The summed E-state index contributed by atoms with van der Waals surface area (Å²) in [4.78, 5) is 0. The minimum Gasteiger partial charge on any atom is -0.385 e. The van der Waals surface area contributed by atoms with Crippen LogP contribution in [0.4, 0.5) is 4.39 Å². The third-order valence-corrected chi connectivity index (χ3v) is 4.09. The van der Waals surface area contributed by atoms with Gasteiger partial charge in [0.2, 0.25) is 0 Å². The van der Waals surface area contributed by atoms with Crippen molar-refractivity contribution in [1.82, 2.24) is 0 Å². The molecule has 0 radical (unpaired) electrons. The van der Waals surface area contributed by atoms with Crippen molar-refractivity contribution in [1.29, 1.82) is 0 Å². The molecule has 0 aliphatic carbocycles. The van der Waals surface area contributed by atoms with E-state index in [-0.39, 0.29) is 17.2 Å². The second-order valence-electron chi connectivity index (χ2n) is 5.42. The van der Waals surface area contributed by atoms with Crippen molar-refractivity contribution < 1.29 is 13.9 Å². The molecule has 0 aliphatic rings. The fourth-order valence-electron chi connectivity index (χ4n) is 2.46. The minimum absolute atomic E-state index is 0.0480. The Labute approximate surface area is 123 Å². The second-order valence-corrected chi connectivity index (χ2v) is 6.28. The third-order valence-electron chi connectivity index (χ3n) is 3.41. The SMILES string of the molecule is COCCC(c1ccc(F)cc1Br)C(C)(C)COC. The summed E-state index contributed by atoms with van der Waals surface area (Å²) >= 11 is 3.46. The van der Waals surface area contributed by atoms with Gasteiger partial charge >= 0.3 is 0 Å². The molecular weight excluding hydrogens is 311 g/mol. The highest BCUT2D eigenvalue weighted by molar-refractivity contribution is 9.10. The Morgan fingerprint density at radius 1 is 1.26 bits per heavy atom. The van der Waals surface area contributed by atoms with Gasteiger partial charge in [-0.15, -0.1) is 0 Å². The third kappa shape index (κ3) is 4.55. The van der Waals surface area contributed by atoms with Gasteiger partial charge in [-0.3, -0.25) is 0 Å². The molecule has 0 saturated carbocycles. The van der Waals surface area contributed by atoms with Gasteiger partial charge in [0.15, 0.2) is 0 Å². The van der Waals surface area contributed by atoms with Gasteiger partial charge in [0.1, 0.15) is 5.82 Å². The van der Waals surface area contributed by atoms with Crippen molar-refractivity contribution in [3.8, 4) is 0 Å². The van der Waals surface area contributed by atoms with E-state index in [1.54, 1.807) is 14.2 Å². The standard InChI is InChI=1S/C15H22BrFO2/c1-15(2,10-19-4)13(7-8-18-3)12-6-5-11(17)9-14(12)16/h5-6,9,13H,7-8,10H2,1-4H3. The van der Waals surface area contributed by atoms with Gasteiger partial charge in [-0.2, -0.15) is 0 Å². The first kappa shape index (κ1) is 16.6. The average molecular weight is 333 g/mol. The molecule has 0 saturated heterocycles. The van der Waals surface area contributed by atoms with Crippen molar-refractivity contribution in [2.45, 2.75) is 26.2 Å². The molecule has 1 aromatic carbocycles. The molecule has 0 aliphatic heterocycles. The zero-order valence-corrected chi connectivity index (χ0v) is 13.6. The molecule has 19 heavy (non-hydrogen) atoms. The van der Waals surface area contributed by atoms with Crippen LogP contribution in [-0.4, -0.2) is 27.4 Å². The van der Waals surface area contributed by atoms with E-state index in [1.807, 2.05) is 6.07 Å². The molecule has 1 rings (SSSR count). The van der Waals surface area contributed by atoms with Gasteiger partial charge in [0.25, 0.3) is 0 Å². The number of methoxy groups -OCH3 is 2. The summed E-state index contributed by atoms with van der Waals surface area (Å²) in [7, 11) is 3.40. The molecule has 4 heteroatoms. The lowest BCUT2D eigenvalue weighted by Crippen LogP contribution is -2.28. The van der Waals surface area contributed by atoms with Crippen LogP contribution in [0.25, 0.3) is 0 Å². The van der Waals surface area contributed by atoms with E-state index in [1.165, 1.54) is 12.1 Å². The van der Waals surface area contributed by atoms with Gasteiger partial charge in [-0.05, 0) is 35.4 Å². The fraction of sp³-hybridized carbons (Fsp3) is 0.600. The maximum atomic E-state index is 13.2. The average Bonchev–Trinajstić information content (AvgIpc) is 2.31. The largest absolute Gasteiger partial charge is 0.385 e. The van der Waals surface area contributed by atoms with Gasteiger partial charge in [0, 0.05) is 25.3 Å². The molecule has 0 bridgehead atoms. The van der Waals surface area contributed by atoms with Crippen LogP contribution in [0.15, 0.2) is 22.7 Å². The normalized spacial score (nSPS) is 13.6. The first-order valence-electron chi connectivity index (χ1n) is 6.35. The minimum atomic E-state index is -0.231. The number of ether oxygens (including phenoxy) is 2. The second kappa shape index (κ2) is 7.36. The van der Waals surface area contributed by atoms with Crippen LogP contribution >= 0.6 is 15.9 Å². The number of rotatable bonds is 7. The van der Waals surface area contributed by atoms with Crippen LogP contribution in [-0.2, 0) is 9.47 Å². The zero-order valence-electron chi connectivity index (χ0n) is 12.0. The van der Waals surface area contributed by atoms with Crippen molar-refractivity contribution in [3.63, 3.8) is 0 Å². The molecule has 0 amide bonds. The summed E-state index contributed by atoms with van der Waals surface area (Å²) in [5.74, 6) is 0.00744. The Kier molecular flexibility index (Phi) is 6.43. The van der Waals surface area contributed by atoms with Crippen LogP contribution in [0.5, 0.6) is 0 Å². The highest BCUT2D eigenvalue weighted by atomic mass is 79.9. The summed E-state index contributed by atoms with van der Waals surface area (Å²) in [6.07, 6.45) is 0.872. The Hall–Kier alpha value is -0.450. The Bertz CT molecular complexity index is 407. The molecule has 0 fully saturated rings. The lowest BCUT2D eigenvalue weighted by atomic mass is 9.74. The molecule has 0 aromatic heterocycles. The van der Waals surface area contributed by atoms with Crippen LogP contribution < -0.4 is 0 Å². The van der Waals surface area contributed by atoms with Crippen LogP contribution in [0.1, 0.15) is 31.7 Å². The molecule has 108 valence electrons. The molecule has 0 spiro atoms. The topological polar surface area (TPSA) is 18.5 Å². The van der Waals surface area contributed by atoms with Gasteiger partial charge in [-0.25, -0.2) is 4.39 Å². The Balaban J connectivity index is 3.08. The highest BCUT2D eigenvalue weighted by Crippen LogP contribution is 2.41. The Morgan fingerprint density at radius 2 is 1.95 bits per heavy atom. The van der Waals surface area contributed by atoms with Crippen molar-refractivity contribution in [2.75, 3.05) is 27.4 Å². The monoisotopic (exact) mass is 332 g/mol. The van der Waals surface area contributed by atoms with E-state index in [9.17, 15) is 4.39 Å².